The van der Waals surface area contributed by atoms with Crippen LogP contribution < -0.4 is 0 Å². The van der Waals surface area contributed by atoms with Crippen molar-refractivity contribution in [3.8, 4) is 17.5 Å². The topological polar surface area (TPSA) is 41.6 Å². The minimum absolute atomic E-state index is 0.526. The highest BCUT2D eigenvalue weighted by Crippen LogP contribution is 2.33. The molecular weight excluding hydrogens is 246 g/mol. The van der Waals surface area contributed by atoms with E-state index in [4.69, 9.17) is 4.98 Å². The fraction of sp³-hybridized carbons (Fsp3) is 0.412. The molecule has 0 N–H and O–H groups in total. The van der Waals surface area contributed by atoms with Crippen molar-refractivity contribution in [1.82, 2.24) is 9.55 Å². The zero-order valence-electron chi connectivity index (χ0n) is 12.1. The summed E-state index contributed by atoms with van der Waals surface area (Å²) >= 11 is 0. The number of aromatic nitrogens is 2. The van der Waals surface area contributed by atoms with Gasteiger partial charge in [-0.15, -0.1) is 0 Å². The van der Waals surface area contributed by atoms with Crippen molar-refractivity contribution >= 4 is 0 Å². The van der Waals surface area contributed by atoms with Crippen LogP contribution in [-0.2, 0) is 18.4 Å². The molecule has 1 aromatic heterocycles. The summed E-state index contributed by atoms with van der Waals surface area (Å²) < 4.78 is 2.31. The number of benzene rings is 1. The summed E-state index contributed by atoms with van der Waals surface area (Å²) in [5.74, 6) is 1.01. The summed E-state index contributed by atoms with van der Waals surface area (Å²) in [5.41, 5.74) is 2.82. The second-order valence-corrected chi connectivity index (χ2v) is 5.94. The molecular formula is C17H19N3. The first-order valence-electron chi connectivity index (χ1n) is 7.20. The lowest BCUT2D eigenvalue weighted by atomic mass is 9.88. The predicted molar refractivity (Wildman–Crippen MR) is 79.2 cm³/mol. The van der Waals surface area contributed by atoms with Gasteiger partial charge >= 0.3 is 0 Å². The van der Waals surface area contributed by atoms with Crippen molar-refractivity contribution in [3.05, 3.63) is 41.7 Å². The van der Waals surface area contributed by atoms with Gasteiger partial charge in [0.25, 0.3) is 0 Å². The van der Waals surface area contributed by atoms with Gasteiger partial charge in [0, 0.05) is 17.8 Å². The molecule has 1 aliphatic rings. The van der Waals surface area contributed by atoms with Crippen LogP contribution in [0.15, 0.2) is 30.3 Å². The number of rotatable bonds is 2. The van der Waals surface area contributed by atoms with Crippen LogP contribution >= 0.6 is 0 Å². The van der Waals surface area contributed by atoms with Gasteiger partial charge in [-0.25, -0.2) is 4.98 Å². The van der Waals surface area contributed by atoms with Gasteiger partial charge in [-0.05, 0) is 33.1 Å². The van der Waals surface area contributed by atoms with Gasteiger partial charge in [0.15, 0.2) is 0 Å². The Morgan fingerprint density at radius 3 is 2.65 bits per heavy atom. The third-order valence-corrected chi connectivity index (χ3v) is 4.02. The van der Waals surface area contributed by atoms with Gasteiger partial charge in [-0.1, -0.05) is 30.3 Å². The Bertz CT molecular complexity index is 660. The van der Waals surface area contributed by atoms with Crippen LogP contribution in [0.3, 0.4) is 0 Å². The average molecular weight is 265 g/mol. The zero-order valence-corrected chi connectivity index (χ0v) is 12.1. The summed E-state index contributed by atoms with van der Waals surface area (Å²) in [6, 6.07) is 12.7. The van der Waals surface area contributed by atoms with Crippen molar-refractivity contribution in [2.45, 2.75) is 45.1 Å². The number of nitriles is 1. The first kappa shape index (κ1) is 12.9. The molecule has 3 rings (SSSR count). The first-order valence-corrected chi connectivity index (χ1v) is 7.20. The third kappa shape index (κ3) is 2.02. The van der Waals surface area contributed by atoms with Crippen molar-refractivity contribution < 1.29 is 0 Å². The minimum atomic E-state index is -0.526. The second kappa shape index (κ2) is 4.79. The van der Waals surface area contributed by atoms with E-state index in [1.165, 1.54) is 18.5 Å². The van der Waals surface area contributed by atoms with E-state index >= 15 is 0 Å². The monoisotopic (exact) mass is 265 g/mol. The van der Waals surface area contributed by atoms with Crippen LogP contribution in [0.5, 0.6) is 0 Å². The molecule has 0 saturated carbocycles. The summed E-state index contributed by atoms with van der Waals surface area (Å²) in [7, 11) is 0. The Morgan fingerprint density at radius 1 is 1.20 bits per heavy atom. The molecule has 0 amide bonds. The van der Waals surface area contributed by atoms with E-state index in [0.29, 0.717) is 0 Å². The maximum Gasteiger partial charge on any atom is 0.140 e. The van der Waals surface area contributed by atoms with E-state index in [0.717, 1.165) is 30.0 Å². The molecule has 102 valence electrons. The standard InChI is InChI=1S/C17H19N3/c1-17(2,12-18)15-14-10-6-7-11-20(14)16(19-15)13-8-4-3-5-9-13/h3-5,8-9H,6-7,10-11H2,1-2H3. The molecule has 1 aliphatic heterocycles. The van der Waals surface area contributed by atoms with Crippen LogP contribution in [-0.4, -0.2) is 9.55 Å². The summed E-state index contributed by atoms with van der Waals surface area (Å²) in [5, 5.41) is 9.43. The maximum absolute atomic E-state index is 9.43. The summed E-state index contributed by atoms with van der Waals surface area (Å²) in [6.07, 6.45) is 3.41. The van der Waals surface area contributed by atoms with E-state index < -0.39 is 5.41 Å². The van der Waals surface area contributed by atoms with Crippen molar-refractivity contribution in [1.29, 1.82) is 5.26 Å². The SMILES string of the molecule is CC(C)(C#N)c1nc(-c2ccccc2)n2c1CCCC2. The Labute approximate surface area is 119 Å². The van der Waals surface area contributed by atoms with Crippen LogP contribution in [0, 0.1) is 11.3 Å². The number of fused-ring (bicyclic) bond motifs is 1. The van der Waals surface area contributed by atoms with E-state index in [9.17, 15) is 5.26 Å². The first-order chi connectivity index (χ1) is 9.63. The minimum Gasteiger partial charge on any atom is -0.328 e. The lowest BCUT2D eigenvalue weighted by Gasteiger charge is -2.20. The van der Waals surface area contributed by atoms with Crippen molar-refractivity contribution in [2.75, 3.05) is 0 Å². The second-order valence-electron chi connectivity index (χ2n) is 5.94. The zero-order chi connectivity index (χ0) is 14.2. The molecule has 2 aromatic rings. The van der Waals surface area contributed by atoms with E-state index in [2.05, 4.69) is 22.8 Å². The van der Waals surface area contributed by atoms with Gasteiger partial charge in [-0.3, -0.25) is 0 Å². The molecule has 0 aliphatic carbocycles. The molecule has 0 unspecified atom stereocenters. The van der Waals surface area contributed by atoms with Crippen LogP contribution in [0.2, 0.25) is 0 Å². The molecule has 3 heteroatoms. The molecule has 0 saturated heterocycles. The normalized spacial score (nSPS) is 14.7. The Kier molecular flexibility index (Phi) is 3.10. The fourth-order valence-electron chi connectivity index (χ4n) is 2.90. The van der Waals surface area contributed by atoms with Crippen LogP contribution in [0.1, 0.15) is 38.1 Å². The van der Waals surface area contributed by atoms with Gasteiger partial charge < -0.3 is 4.57 Å². The number of hydrogen-bond donors (Lipinski definition) is 0. The highest BCUT2D eigenvalue weighted by atomic mass is 15.1. The summed E-state index contributed by atoms with van der Waals surface area (Å²) in [4.78, 5) is 4.85. The lowest BCUT2D eigenvalue weighted by molar-refractivity contribution is 0.524. The fourth-order valence-corrected chi connectivity index (χ4v) is 2.90. The summed E-state index contributed by atoms with van der Waals surface area (Å²) in [6.45, 7) is 4.92. The van der Waals surface area contributed by atoms with Gasteiger partial charge in [0.05, 0.1) is 17.2 Å². The highest BCUT2D eigenvalue weighted by molar-refractivity contribution is 5.58. The van der Waals surface area contributed by atoms with Gasteiger partial charge in [0.2, 0.25) is 0 Å². The Morgan fingerprint density at radius 2 is 1.95 bits per heavy atom. The van der Waals surface area contributed by atoms with Crippen LogP contribution in [0.4, 0.5) is 0 Å². The molecule has 0 fully saturated rings. The lowest BCUT2D eigenvalue weighted by Crippen LogP contribution is -2.19. The molecule has 0 radical (unpaired) electrons. The molecule has 0 atom stereocenters. The van der Waals surface area contributed by atoms with E-state index in [-0.39, 0.29) is 0 Å². The molecule has 0 bridgehead atoms. The smallest absolute Gasteiger partial charge is 0.140 e. The molecule has 3 nitrogen and oxygen atoms in total. The molecule has 0 spiro atoms. The predicted octanol–water partition coefficient (Wildman–Crippen LogP) is 3.69. The number of hydrogen-bond acceptors (Lipinski definition) is 2. The van der Waals surface area contributed by atoms with E-state index in [1.807, 2.05) is 32.0 Å². The Hall–Kier alpha value is -2.08. The van der Waals surface area contributed by atoms with Crippen LogP contribution in [0.25, 0.3) is 11.4 Å². The molecule has 1 aromatic carbocycles. The molecule has 2 heterocycles. The largest absolute Gasteiger partial charge is 0.328 e. The quantitative estimate of drug-likeness (QED) is 0.831. The third-order valence-electron chi connectivity index (χ3n) is 4.02. The number of imidazole rings is 1. The van der Waals surface area contributed by atoms with Gasteiger partial charge in [0.1, 0.15) is 5.82 Å². The van der Waals surface area contributed by atoms with Crippen molar-refractivity contribution in [2.24, 2.45) is 0 Å². The number of nitrogens with zero attached hydrogens (tertiary/aromatic N) is 3. The maximum atomic E-state index is 9.43. The highest BCUT2D eigenvalue weighted by Gasteiger charge is 2.31. The van der Waals surface area contributed by atoms with Crippen molar-refractivity contribution in [3.63, 3.8) is 0 Å². The van der Waals surface area contributed by atoms with E-state index in [1.54, 1.807) is 0 Å². The molecule has 20 heavy (non-hydrogen) atoms. The average Bonchev–Trinajstić information content (AvgIpc) is 2.88. The Balaban J connectivity index is 2.20. The van der Waals surface area contributed by atoms with Gasteiger partial charge in [-0.2, -0.15) is 5.26 Å².